The Morgan fingerprint density at radius 1 is 0.861 bits per heavy atom. The number of hydrogen-bond acceptors (Lipinski definition) is 7. The van der Waals surface area contributed by atoms with E-state index < -0.39 is 0 Å². The molecule has 0 aromatic heterocycles. The molecule has 2 aromatic rings. The average molecular weight is 482 g/mol. The summed E-state index contributed by atoms with van der Waals surface area (Å²) in [4.78, 5) is 11.8. The Balaban J connectivity index is 1.34. The fourth-order valence-electron chi connectivity index (χ4n) is 6.48. The Bertz CT molecular complexity index is 1180. The van der Waals surface area contributed by atoms with Crippen molar-refractivity contribution in [3.05, 3.63) is 63.2 Å². The molecule has 0 fully saturated rings. The Kier molecular flexibility index (Phi) is 6.61. The van der Waals surface area contributed by atoms with E-state index in [1.807, 2.05) is 0 Å². The monoisotopic (exact) mass is 482 g/mol. The summed E-state index contributed by atoms with van der Waals surface area (Å²) >= 11 is 0. The van der Waals surface area contributed by atoms with Gasteiger partial charge in [0.1, 0.15) is 0 Å². The van der Waals surface area contributed by atoms with Crippen molar-refractivity contribution in [2.45, 2.75) is 65.2 Å². The fourth-order valence-corrected chi connectivity index (χ4v) is 6.48. The molecule has 0 bridgehead atoms. The minimum absolute atomic E-state index is 0.507. The van der Waals surface area contributed by atoms with Gasteiger partial charge in [0, 0.05) is 38.8 Å². The van der Waals surface area contributed by atoms with Gasteiger partial charge < -0.3 is 26.1 Å². The SMILES string of the molecule is CCc1c(CNC2=NCCN2)c(CC)c2c(c1CNC1=NCCN1)CC(N1[B]c3ccccc3C1)C2. The summed E-state index contributed by atoms with van der Waals surface area (Å²) in [5.74, 6) is 1.87. The summed E-state index contributed by atoms with van der Waals surface area (Å²) < 4.78 is 0. The van der Waals surface area contributed by atoms with Gasteiger partial charge in [0.2, 0.25) is 7.41 Å². The zero-order valence-corrected chi connectivity index (χ0v) is 21.6. The normalized spacial score (nSPS) is 20.2. The van der Waals surface area contributed by atoms with Gasteiger partial charge in [-0.15, -0.1) is 0 Å². The molecule has 0 spiro atoms. The second kappa shape index (κ2) is 10.2. The van der Waals surface area contributed by atoms with Crippen molar-refractivity contribution in [3.8, 4) is 0 Å². The maximum Gasteiger partial charge on any atom is 0.248 e. The predicted octanol–water partition coefficient (Wildman–Crippen LogP) is 1.14. The highest BCUT2D eigenvalue weighted by Crippen LogP contribution is 2.38. The molecule has 1 atom stereocenters. The summed E-state index contributed by atoms with van der Waals surface area (Å²) in [6.45, 7) is 10.9. The first-order chi connectivity index (χ1) is 17.7. The van der Waals surface area contributed by atoms with Crippen LogP contribution in [-0.4, -0.2) is 56.4 Å². The van der Waals surface area contributed by atoms with Crippen molar-refractivity contribution < 1.29 is 0 Å². The number of hydrogen-bond donors (Lipinski definition) is 4. The highest BCUT2D eigenvalue weighted by atomic mass is 15.2. The van der Waals surface area contributed by atoms with Gasteiger partial charge >= 0.3 is 0 Å². The average Bonchev–Trinajstić information content (AvgIpc) is 3.71. The molecule has 8 heteroatoms. The molecular weight excluding hydrogens is 445 g/mol. The van der Waals surface area contributed by atoms with E-state index in [0.29, 0.717) is 6.04 Å². The van der Waals surface area contributed by atoms with Crippen LogP contribution in [0.15, 0.2) is 34.3 Å². The second-order valence-corrected chi connectivity index (χ2v) is 10.2. The van der Waals surface area contributed by atoms with Gasteiger partial charge in [-0.1, -0.05) is 43.6 Å². The summed E-state index contributed by atoms with van der Waals surface area (Å²) in [6, 6.07) is 9.34. The molecule has 0 saturated carbocycles. The van der Waals surface area contributed by atoms with Crippen LogP contribution in [0.25, 0.3) is 0 Å². The number of fused-ring (bicyclic) bond motifs is 2. The maximum absolute atomic E-state index is 4.59. The Morgan fingerprint density at radius 3 is 2.11 bits per heavy atom. The van der Waals surface area contributed by atoms with Crippen molar-refractivity contribution in [1.82, 2.24) is 26.1 Å². The standard InChI is InChI=1S/C28H37BN7/c1-3-20-22-13-19(36-17-18-7-5-6-8-26(18)29-36)14-23(22)25(16-35-28-32-11-12-33-28)21(4-2)24(20)15-34-27-30-9-10-31-27/h5-8,19H,3-4,9-17H2,1-2H3,(H2,30,31,34)(H2,32,33,35). The van der Waals surface area contributed by atoms with E-state index in [2.05, 4.69) is 81.6 Å². The van der Waals surface area contributed by atoms with E-state index >= 15 is 0 Å². The molecule has 2 aromatic carbocycles. The summed E-state index contributed by atoms with van der Waals surface area (Å²) in [5.41, 5.74) is 12.0. The number of aliphatic imine (C=N–C) groups is 2. The minimum Gasteiger partial charge on any atom is -0.355 e. The van der Waals surface area contributed by atoms with Crippen molar-refractivity contribution in [3.63, 3.8) is 0 Å². The first kappa shape index (κ1) is 23.4. The third kappa shape index (κ3) is 4.36. The fraction of sp³-hybridized carbons (Fsp3) is 0.500. The van der Waals surface area contributed by atoms with Crippen LogP contribution in [0.4, 0.5) is 0 Å². The molecule has 1 radical (unpaired) electrons. The van der Waals surface area contributed by atoms with Gasteiger partial charge in [-0.3, -0.25) is 9.98 Å². The highest BCUT2D eigenvalue weighted by Gasteiger charge is 2.35. The van der Waals surface area contributed by atoms with Gasteiger partial charge in [0.25, 0.3) is 0 Å². The van der Waals surface area contributed by atoms with Crippen LogP contribution >= 0.6 is 0 Å². The lowest BCUT2D eigenvalue weighted by Gasteiger charge is -2.24. The van der Waals surface area contributed by atoms with Crippen LogP contribution in [0, 0.1) is 0 Å². The summed E-state index contributed by atoms with van der Waals surface area (Å²) in [5, 5.41) is 14.0. The number of nitrogens with zero attached hydrogens (tertiary/aromatic N) is 3. The van der Waals surface area contributed by atoms with Crippen molar-refractivity contribution in [2.75, 3.05) is 26.2 Å². The summed E-state index contributed by atoms with van der Waals surface area (Å²) in [7, 11) is 2.39. The van der Waals surface area contributed by atoms with Crippen molar-refractivity contribution in [2.24, 2.45) is 9.98 Å². The Labute approximate surface area is 215 Å². The topological polar surface area (TPSA) is 76.1 Å². The third-order valence-corrected chi connectivity index (χ3v) is 8.17. The second-order valence-electron chi connectivity index (χ2n) is 10.2. The third-order valence-electron chi connectivity index (χ3n) is 8.17. The van der Waals surface area contributed by atoms with Crippen molar-refractivity contribution in [1.29, 1.82) is 0 Å². The molecular formula is C28H37BN7. The van der Waals surface area contributed by atoms with Crippen LogP contribution in [0.3, 0.4) is 0 Å². The van der Waals surface area contributed by atoms with Gasteiger partial charge in [0.05, 0.1) is 13.1 Å². The molecule has 6 rings (SSSR count). The van der Waals surface area contributed by atoms with E-state index in [9.17, 15) is 0 Å². The predicted molar refractivity (Wildman–Crippen MR) is 148 cm³/mol. The van der Waals surface area contributed by atoms with E-state index in [1.165, 1.54) is 27.7 Å². The van der Waals surface area contributed by atoms with Crippen LogP contribution < -0.4 is 26.7 Å². The molecule has 1 unspecified atom stereocenters. The molecule has 3 aliphatic heterocycles. The highest BCUT2D eigenvalue weighted by molar-refractivity contribution is 6.52. The van der Waals surface area contributed by atoms with Crippen molar-refractivity contribution >= 4 is 24.8 Å². The number of nitrogens with one attached hydrogen (secondary N) is 4. The number of guanidine groups is 2. The Hall–Kier alpha value is -3.00. The van der Waals surface area contributed by atoms with Crippen LogP contribution in [0.1, 0.15) is 52.8 Å². The Morgan fingerprint density at radius 2 is 1.50 bits per heavy atom. The lowest BCUT2D eigenvalue weighted by Crippen LogP contribution is -2.37. The number of rotatable bonds is 7. The molecule has 3 heterocycles. The van der Waals surface area contributed by atoms with Crippen LogP contribution in [0.5, 0.6) is 0 Å². The molecule has 0 amide bonds. The van der Waals surface area contributed by atoms with Gasteiger partial charge in [-0.05, 0) is 64.6 Å². The van der Waals surface area contributed by atoms with E-state index in [1.54, 1.807) is 16.7 Å². The van der Waals surface area contributed by atoms with E-state index in [4.69, 9.17) is 0 Å². The van der Waals surface area contributed by atoms with E-state index in [0.717, 1.165) is 83.4 Å². The molecule has 4 aliphatic rings. The van der Waals surface area contributed by atoms with Crippen LogP contribution in [0.2, 0.25) is 0 Å². The summed E-state index contributed by atoms with van der Waals surface area (Å²) in [6.07, 6.45) is 4.31. The van der Waals surface area contributed by atoms with E-state index in [-0.39, 0.29) is 0 Å². The first-order valence-corrected chi connectivity index (χ1v) is 13.6. The van der Waals surface area contributed by atoms with Crippen LogP contribution in [-0.2, 0) is 45.3 Å². The lowest BCUT2D eigenvalue weighted by atomic mass is 9.82. The molecule has 187 valence electrons. The smallest absolute Gasteiger partial charge is 0.248 e. The molecule has 4 N–H and O–H groups in total. The molecule has 36 heavy (non-hydrogen) atoms. The van der Waals surface area contributed by atoms with Gasteiger partial charge in [-0.2, -0.15) is 0 Å². The first-order valence-electron chi connectivity index (χ1n) is 13.6. The molecule has 0 saturated heterocycles. The largest absolute Gasteiger partial charge is 0.355 e. The zero-order chi connectivity index (χ0) is 24.5. The lowest BCUT2D eigenvalue weighted by molar-refractivity contribution is 0.344. The maximum atomic E-state index is 4.59. The zero-order valence-electron chi connectivity index (χ0n) is 21.6. The molecule has 1 aliphatic carbocycles. The minimum atomic E-state index is 0.507. The quantitative estimate of drug-likeness (QED) is 0.446. The van der Waals surface area contributed by atoms with Gasteiger partial charge in [0.15, 0.2) is 11.9 Å². The van der Waals surface area contributed by atoms with Gasteiger partial charge in [-0.25, -0.2) is 0 Å². The molecule has 7 nitrogen and oxygen atoms in total. The number of benzene rings is 2.